The molecule has 25 heavy (non-hydrogen) atoms. The summed E-state index contributed by atoms with van der Waals surface area (Å²) >= 11 is 0. The summed E-state index contributed by atoms with van der Waals surface area (Å²) in [4.78, 5) is 23.8. The van der Waals surface area contributed by atoms with E-state index in [1.54, 1.807) is 24.5 Å². The smallest absolute Gasteiger partial charge is 0.272 e. The van der Waals surface area contributed by atoms with Crippen molar-refractivity contribution in [2.24, 2.45) is 0 Å². The van der Waals surface area contributed by atoms with Crippen molar-refractivity contribution in [2.75, 3.05) is 5.32 Å². The van der Waals surface area contributed by atoms with Gasteiger partial charge in [0, 0.05) is 11.8 Å². The van der Waals surface area contributed by atoms with E-state index in [1.165, 1.54) is 0 Å². The number of aromatic amines is 1. The van der Waals surface area contributed by atoms with Crippen LogP contribution in [0.3, 0.4) is 0 Å². The molecule has 0 fully saturated rings. The Kier molecular flexibility index (Phi) is 3.61. The summed E-state index contributed by atoms with van der Waals surface area (Å²) < 4.78 is 5.28. The van der Waals surface area contributed by atoms with Crippen LogP contribution in [0.5, 0.6) is 0 Å². The molecule has 0 radical (unpaired) electrons. The fourth-order valence-corrected chi connectivity index (χ4v) is 2.87. The van der Waals surface area contributed by atoms with E-state index in [0.29, 0.717) is 17.9 Å². The predicted octanol–water partition coefficient (Wildman–Crippen LogP) is 2.66. The maximum Gasteiger partial charge on any atom is 0.272 e. The average Bonchev–Trinajstić information content (AvgIpc) is 3.32. The lowest BCUT2D eigenvalue weighted by Gasteiger charge is -2.14. The molecule has 3 aromatic rings. The first-order chi connectivity index (χ1) is 12.1. The van der Waals surface area contributed by atoms with Crippen molar-refractivity contribution in [3.8, 4) is 11.5 Å². The van der Waals surface area contributed by atoms with Crippen LogP contribution in [0.25, 0.3) is 11.5 Å². The summed E-state index contributed by atoms with van der Waals surface area (Å²) in [6.45, 7) is 1.89. The first-order valence-corrected chi connectivity index (χ1v) is 7.93. The highest BCUT2D eigenvalue weighted by atomic mass is 16.3. The molecule has 3 heterocycles. The first-order valence-electron chi connectivity index (χ1n) is 7.93. The zero-order valence-corrected chi connectivity index (χ0v) is 13.5. The molecule has 1 aromatic carbocycles. The zero-order chi connectivity index (χ0) is 17.4. The van der Waals surface area contributed by atoms with Crippen molar-refractivity contribution < 1.29 is 14.0 Å². The molecule has 1 aliphatic heterocycles. The van der Waals surface area contributed by atoms with Crippen molar-refractivity contribution in [2.45, 2.75) is 19.4 Å². The van der Waals surface area contributed by atoms with Gasteiger partial charge in [0.2, 0.25) is 5.91 Å². The summed E-state index contributed by atoms with van der Waals surface area (Å²) in [5.41, 5.74) is 3.65. The number of nitrogens with zero attached hydrogens (tertiary/aromatic N) is 1. The largest absolute Gasteiger partial charge is 0.463 e. The number of fused-ring (bicyclic) bond motifs is 1. The SMILES string of the molecule is CC(NC(=O)c1cc(-c2ccco2)[nH]n1)c1ccc2c(c1)CC(=O)N2. The molecule has 7 nitrogen and oxygen atoms in total. The Morgan fingerprint density at radius 2 is 2.20 bits per heavy atom. The van der Waals surface area contributed by atoms with Gasteiger partial charge in [-0.1, -0.05) is 12.1 Å². The van der Waals surface area contributed by atoms with Crippen LogP contribution >= 0.6 is 0 Å². The number of rotatable bonds is 4. The van der Waals surface area contributed by atoms with Crippen molar-refractivity contribution in [1.82, 2.24) is 15.5 Å². The van der Waals surface area contributed by atoms with Gasteiger partial charge in [-0.05, 0) is 36.2 Å². The minimum atomic E-state index is -0.281. The Balaban J connectivity index is 1.48. The van der Waals surface area contributed by atoms with Gasteiger partial charge in [-0.25, -0.2) is 0 Å². The second-order valence-electron chi connectivity index (χ2n) is 5.98. The molecular weight excluding hydrogens is 320 g/mol. The van der Waals surface area contributed by atoms with Gasteiger partial charge in [0.1, 0.15) is 5.69 Å². The zero-order valence-electron chi connectivity index (χ0n) is 13.5. The molecule has 2 amide bonds. The van der Waals surface area contributed by atoms with Gasteiger partial charge in [-0.2, -0.15) is 5.10 Å². The minimum absolute atomic E-state index is 0.00850. The molecule has 7 heteroatoms. The molecule has 0 aliphatic carbocycles. The third kappa shape index (κ3) is 2.91. The number of benzene rings is 1. The van der Waals surface area contributed by atoms with Gasteiger partial charge in [0.05, 0.1) is 18.7 Å². The molecule has 4 rings (SSSR count). The molecular formula is C18H16N4O3. The Morgan fingerprint density at radius 3 is 3.00 bits per heavy atom. The van der Waals surface area contributed by atoms with Crippen LogP contribution in [0.15, 0.2) is 47.1 Å². The first kappa shape index (κ1) is 15.2. The van der Waals surface area contributed by atoms with Crippen LogP contribution in [0.2, 0.25) is 0 Å². The Hall–Kier alpha value is -3.35. The standard InChI is InChI=1S/C18H16N4O3/c1-10(11-4-5-13-12(7-11)8-17(23)20-13)19-18(24)15-9-14(21-22-15)16-3-2-6-25-16/h2-7,9-10H,8H2,1H3,(H,19,24)(H,20,23)(H,21,22). The van der Waals surface area contributed by atoms with Crippen molar-refractivity contribution >= 4 is 17.5 Å². The number of hydrogen-bond acceptors (Lipinski definition) is 4. The van der Waals surface area contributed by atoms with E-state index in [-0.39, 0.29) is 23.6 Å². The Bertz CT molecular complexity index is 943. The van der Waals surface area contributed by atoms with Crippen LogP contribution in [0, 0.1) is 0 Å². The van der Waals surface area contributed by atoms with Crippen LogP contribution in [0.4, 0.5) is 5.69 Å². The van der Waals surface area contributed by atoms with Crippen molar-refractivity contribution in [1.29, 1.82) is 0 Å². The van der Waals surface area contributed by atoms with Gasteiger partial charge in [-0.15, -0.1) is 0 Å². The molecule has 126 valence electrons. The maximum atomic E-state index is 12.4. The summed E-state index contributed by atoms with van der Waals surface area (Å²) in [5, 5.41) is 12.5. The second-order valence-corrected chi connectivity index (χ2v) is 5.98. The third-order valence-corrected chi connectivity index (χ3v) is 4.20. The van der Waals surface area contributed by atoms with Gasteiger partial charge >= 0.3 is 0 Å². The lowest BCUT2D eigenvalue weighted by atomic mass is 10.0. The summed E-state index contributed by atoms with van der Waals surface area (Å²) in [6, 6.07) is 10.7. The lowest BCUT2D eigenvalue weighted by Crippen LogP contribution is -2.27. The van der Waals surface area contributed by atoms with Crippen molar-refractivity contribution in [3.05, 3.63) is 59.5 Å². The van der Waals surface area contributed by atoms with E-state index in [0.717, 1.165) is 16.8 Å². The topological polar surface area (TPSA) is 100 Å². The predicted molar refractivity (Wildman–Crippen MR) is 90.9 cm³/mol. The van der Waals surface area contributed by atoms with E-state index < -0.39 is 0 Å². The van der Waals surface area contributed by atoms with Gasteiger partial charge < -0.3 is 15.1 Å². The van der Waals surface area contributed by atoms with Gasteiger partial charge in [0.25, 0.3) is 5.91 Å². The van der Waals surface area contributed by atoms with Crippen LogP contribution in [-0.4, -0.2) is 22.0 Å². The van der Waals surface area contributed by atoms with E-state index >= 15 is 0 Å². The second kappa shape index (κ2) is 5.94. The monoisotopic (exact) mass is 336 g/mol. The number of amides is 2. The summed E-state index contributed by atoms with van der Waals surface area (Å²) in [5.74, 6) is 0.331. The quantitative estimate of drug-likeness (QED) is 0.682. The molecule has 1 aliphatic rings. The molecule has 1 atom stereocenters. The molecule has 0 spiro atoms. The molecule has 3 N–H and O–H groups in total. The van der Waals surface area contributed by atoms with Gasteiger partial charge in [-0.3, -0.25) is 14.7 Å². The highest BCUT2D eigenvalue weighted by Crippen LogP contribution is 2.26. The normalized spacial score (nSPS) is 14.0. The molecule has 0 saturated carbocycles. The van der Waals surface area contributed by atoms with Crippen LogP contribution < -0.4 is 10.6 Å². The van der Waals surface area contributed by atoms with Crippen molar-refractivity contribution in [3.63, 3.8) is 0 Å². The molecule has 0 bridgehead atoms. The number of carbonyl (C=O) groups excluding carboxylic acids is 2. The number of H-pyrrole nitrogens is 1. The fraction of sp³-hybridized carbons (Fsp3) is 0.167. The summed E-state index contributed by atoms with van der Waals surface area (Å²) in [7, 11) is 0. The van der Waals surface area contributed by atoms with Crippen LogP contribution in [-0.2, 0) is 11.2 Å². The number of aromatic nitrogens is 2. The Labute approximate surface area is 143 Å². The number of furan rings is 1. The van der Waals surface area contributed by atoms with E-state index in [2.05, 4.69) is 20.8 Å². The minimum Gasteiger partial charge on any atom is -0.463 e. The number of anilines is 1. The van der Waals surface area contributed by atoms with E-state index in [9.17, 15) is 9.59 Å². The van der Waals surface area contributed by atoms with Gasteiger partial charge in [0.15, 0.2) is 11.5 Å². The number of nitrogens with one attached hydrogen (secondary N) is 3. The fourth-order valence-electron chi connectivity index (χ4n) is 2.87. The van der Waals surface area contributed by atoms with E-state index in [4.69, 9.17) is 4.42 Å². The number of hydrogen-bond donors (Lipinski definition) is 3. The highest BCUT2D eigenvalue weighted by Gasteiger charge is 2.20. The van der Waals surface area contributed by atoms with E-state index in [1.807, 2.05) is 25.1 Å². The Morgan fingerprint density at radius 1 is 1.32 bits per heavy atom. The maximum absolute atomic E-state index is 12.4. The number of carbonyl (C=O) groups is 2. The highest BCUT2D eigenvalue weighted by molar-refractivity contribution is 5.99. The average molecular weight is 336 g/mol. The third-order valence-electron chi connectivity index (χ3n) is 4.20. The molecule has 1 unspecified atom stereocenters. The molecule has 2 aromatic heterocycles. The lowest BCUT2D eigenvalue weighted by molar-refractivity contribution is -0.115. The molecule has 0 saturated heterocycles. The van der Waals surface area contributed by atoms with Crippen LogP contribution in [0.1, 0.15) is 34.6 Å². The summed E-state index contributed by atoms with van der Waals surface area (Å²) in [6.07, 6.45) is 1.93.